The summed E-state index contributed by atoms with van der Waals surface area (Å²) in [5, 5.41) is 4.09. The summed E-state index contributed by atoms with van der Waals surface area (Å²) in [7, 11) is 0. The maximum absolute atomic E-state index is 13.5. The minimum absolute atomic E-state index is 0.0191. The van der Waals surface area contributed by atoms with Crippen LogP contribution < -0.4 is 14.8 Å². The third-order valence-corrected chi connectivity index (χ3v) is 6.77. The topological polar surface area (TPSA) is 81.7 Å². The Bertz CT molecular complexity index is 1400. The van der Waals surface area contributed by atoms with Gasteiger partial charge in [0, 0.05) is 53.2 Å². The van der Waals surface area contributed by atoms with Crippen molar-refractivity contribution < 1.29 is 23.9 Å². The van der Waals surface area contributed by atoms with Gasteiger partial charge in [0.05, 0.1) is 6.04 Å². The Morgan fingerprint density at radius 3 is 2.39 bits per heavy atom. The van der Waals surface area contributed by atoms with E-state index in [1.54, 1.807) is 36.4 Å². The van der Waals surface area contributed by atoms with Gasteiger partial charge in [0.15, 0.2) is 5.78 Å². The average Bonchev–Trinajstić information content (AvgIpc) is 3.33. The molecule has 3 aromatic carbocycles. The van der Waals surface area contributed by atoms with Crippen LogP contribution in [-0.2, 0) is 9.59 Å². The van der Waals surface area contributed by atoms with Crippen molar-refractivity contribution in [2.75, 3.05) is 5.32 Å². The van der Waals surface area contributed by atoms with Crippen LogP contribution in [0.2, 0.25) is 5.02 Å². The molecule has 3 atom stereocenters. The van der Waals surface area contributed by atoms with Crippen molar-refractivity contribution in [1.82, 2.24) is 0 Å². The lowest BCUT2D eigenvalue weighted by atomic mass is 9.75. The monoisotopic (exact) mass is 501 g/mol. The zero-order valence-corrected chi connectivity index (χ0v) is 20.5. The number of nitrogens with one attached hydrogen (secondary N) is 1. The number of carbonyl (C=O) groups excluding carboxylic acids is 3. The molecule has 7 heteroatoms. The fraction of sp³-hybridized carbons (Fsp3) is 0.207. The summed E-state index contributed by atoms with van der Waals surface area (Å²) >= 11 is 6.50. The van der Waals surface area contributed by atoms with E-state index >= 15 is 0 Å². The fourth-order valence-corrected chi connectivity index (χ4v) is 5.37. The molecule has 0 saturated heterocycles. The smallest absolute Gasteiger partial charge is 0.308 e. The summed E-state index contributed by atoms with van der Waals surface area (Å²) in [6.07, 6.45) is 5.06. The Labute approximate surface area is 213 Å². The summed E-state index contributed by atoms with van der Waals surface area (Å²) < 4.78 is 10.8. The molecule has 1 aliphatic carbocycles. The molecule has 3 aromatic rings. The third-order valence-electron chi connectivity index (χ3n) is 6.55. The average molecular weight is 502 g/mol. The number of hydrogen-bond acceptors (Lipinski definition) is 6. The van der Waals surface area contributed by atoms with Crippen LogP contribution in [0.4, 0.5) is 5.69 Å². The number of ketones is 1. The van der Waals surface area contributed by atoms with Gasteiger partial charge in [0.1, 0.15) is 11.5 Å². The lowest BCUT2D eigenvalue weighted by molar-refractivity contribution is -0.132. The van der Waals surface area contributed by atoms with Crippen LogP contribution in [0.25, 0.3) is 0 Å². The number of hydrogen-bond donors (Lipinski definition) is 1. The number of esters is 2. The number of anilines is 1. The number of allylic oxidation sites excluding steroid dienone is 2. The molecule has 36 heavy (non-hydrogen) atoms. The number of benzene rings is 3. The molecule has 6 nitrogen and oxygen atoms in total. The van der Waals surface area contributed by atoms with Gasteiger partial charge in [-0.15, -0.1) is 0 Å². The predicted octanol–water partition coefficient (Wildman–Crippen LogP) is 6.25. The van der Waals surface area contributed by atoms with E-state index in [4.69, 9.17) is 21.1 Å². The van der Waals surface area contributed by atoms with Gasteiger partial charge < -0.3 is 14.8 Å². The Balaban J connectivity index is 1.63. The van der Waals surface area contributed by atoms with Gasteiger partial charge in [-0.25, -0.2) is 0 Å². The van der Waals surface area contributed by atoms with Gasteiger partial charge in [-0.3, -0.25) is 14.4 Å². The molecule has 0 amide bonds. The molecule has 0 aromatic heterocycles. The predicted molar refractivity (Wildman–Crippen MR) is 137 cm³/mol. The summed E-state index contributed by atoms with van der Waals surface area (Å²) in [6, 6.07) is 17.4. The van der Waals surface area contributed by atoms with Crippen molar-refractivity contribution in [3.8, 4) is 11.5 Å². The maximum Gasteiger partial charge on any atom is 0.308 e. The molecule has 5 rings (SSSR count). The van der Waals surface area contributed by atoms with Crippen LogP contribution in [0.3, 0.4) is 0 Å². The number of carbonyl (C=O) groups is 3. The van der Waals surface area contributed by atoms with E-state index in [9.17, 15) is 14.4 Å². The Kier molecular flexibility index (Phi) is 6.37. The number of halogens is 1. The first-order valence-electron chi connectivity index (χ1n) is 11.7. The molecular formula is C29H24ClNO5. The van der Waals surface area contributed by atoms with Crippen molar-refractivity contribution >= 4 is 35.0 Å². The van der Waals surface area contributed by atoms with E-state index in [1.165, 1.54) is 13.8 Å². The molecule has 0 bridgehead atoms. The largest absolute Gasteiger partial charge is 0.427 e. The van der Waals surface area contributed by atoms with Crippen molar-refractivity contribution in [3.05, 3.63) is 100 Å². The minimum Gasteiger partial charge on any atom is -0.427 e. The van der Waals surface area contributed by atoms with E-state index in [0.717, 1.165) is 17.5 Å². The van der Waals surface area contributed by atoms with Crippen LogP contribution in [0.15, 0.2) is 72.8 Å². The van der Waals surface area contributed by atoms with E-state index < -0.39 is 11.9 Å². The SMILES string of the molecule is CC(=O)Oc1ccc([C@H]2Nc3c(C(=O)c4ccccc4)cc(Cl)cc3[C@H]3C=CC[C@H]32)c(OC(C)=O)c1. The maximum atomic E-state index is 13.5. The highest BCUT2D eigenvalue weighted by Gasteiger charge is 2.41. The first kappa shape index (κ1) is 23.8. The number of ether oxygens (including phenoxy) is 2. The van der Waals surface area contributed by atoms with Gasteiger partial charge in [0.2, 0.25) is 0 Å². The van der Waals surface area contributed by atoms with Crippen molar-refractivity contribution in [2.45, 2.75) is 32.2 Å². The molecule has 0 fully saturated rings. The lowest BCUT2D eigenvalue weighted by Gasteiger charge is -2.39. The van der Waals surface area contributed by atoms with Gasteiger partial charge in [-0.2, -0.15) is 0 Å². The first-order chi connectivity index (χ1) is 17.3. The fourth-order valence-electron chi connectivity index (χ4n) is 5.14. The second-order valence-electron chi connectivity index (χ2n) is 8.98. The van der Waals surface area contributed by atoms with Gasteiger partial charge in [-0.1, -0.05) is 54.1 Å². The van der Waals surface area contributed by atoms with E-state index in [-0.39, 0.29) is 29.4 Å². The molecule has 1 aliphatic heterocycles. The van der Waals surface area contributed by atoms with Gasteiger partial charge in [-0.05, 0) is 42.2 Å². The van der Waals surface area contributed by atoms with Crippen molar-refractivity contribution in [3.63, 3.8) is 0 Å². The van der Waals surface area contributed by atoms with Gasteiger partial charge >= 0.3 is 11.9 Å². The minimum atomic E-state index is -0.486. The molecule has 182 valence electrons. The highest BCUT2D eigenvalue weighted by atomic mass is 35.5. The van der Waals surface area contributed by atoms with E-state index in [1.807, 2.05) is 24.3 Å². The van der Waals surface area contributed by atoms with Gasteiger partial charge in [0.25, 0.3) is 0 Å². The van der Waals surface area contributed by atoms with Crippen LogP contribution >= 0.6 is 11.6 Å². The van der Waals surface area contributed by atoms with Crippen LogP contribution in [0.1, 0.15) is 59.3 Å². The number of rotatable bonds is 5. The van der Waals surface area contributed by atoms with Crippen molar-refractivity contribution in [2.24, 2.45) is 5.92 Å². The normalized spacial score (nSPS) is 19.6. The standard InChI is InChI=1S/C29H24ClNO5/c1-16(32)35-20-11-12-23(26(15-20)36-17(2)33)27-22-10-6-9-21(22)24-13-19(30)14-25(28(24)31-27)29(34)18-7-4-3-5-8-18/h3-9,11-15,21-22,27,31H,10H2,1-2H3/t21-,22+,27-/m0/s1. The van der Waals surface area contributed by atoms with Crippen LogP contribution in [-0.4, -0.2) is 17.7 Å². The zero-order valence-electron chi connectivity index (χ0n) is 19.8. The summed E-state index contributed by atoms with van der Waals surface area (Å²) in [4.78, 5) is 36.9. The number of fused-ring (bicyclic) bond motifs is 3. The molecule has 0 spiro atoms. The molecule has 0 radical (unpaired) electrons. The molecule has 1 N–H and O–H groups in total. The molecule has 0 unspecified atom stereocenters. The second-order valence-corrected chi connectivity index (χ2v) is 9.41. The molecule has 0 saturated carbocycles. The summed E-state index contributed by atoms with van der Waals surface area (Å²) in [5.74, 6) is -0.381. The molecule has 1 heterocycles. The third kappa shape index (κ3) is 4.52. The summed E-state index contributed by atoms with van der Waals surface area (Å²) in [6.45, 7) is 2.63. The van der Waals surface area contributed by atoms with E-state index in [0.29, 0.717) is 27.6 Å². The zero-order chi connectivity index (χ0) is 25.4. The Morgan fingerprint density at radius 2 is 1.67 bits per heavy atom. The molecule has 2 aliphatic rings. The van der Waals surface area contributed by atoms with Crippen LogP contribution in [0.5, 0.6) is 11.5 Å². The summed E-state index contributed by atoms with van der Waals surface area (Å²) in [5.41, 5.74) is 3.46. The Hall–Kier alpha value is -3.90. The first-order valence-corrected chi connectivity index (χ1v) is 12.1. The molecular weight excluding hydrogens is 478 g/mol. The lowest BCUT2D eigenvalue weighted by Crippen LogP contribution is -2.31. The Morgan fingerprint density at radius 1 is 0.917 bits per heavy atom. The highest BCUT2D eigenvalue weighted by molar-refractivity contribution is 6.31. The van der Waals surface area contributed by atoms with Crippen LogP contribution in [0, 0.1) is 5.92 Å². The highest BCUT2D eigenvalue weighted by Crippen LogP contribution is 2.53. The second kappa shape index (κ2) is 9.63. The van der Waals surface area contributed by atoms with E-state index in [2.05, 4.69) is 17.5 Å². The van der Waals surface area contributed by atoms with Crippen molar-refractivity contribution in [1.29, 1.82) is 0 Å². The quantitative estimate of drug-likeness (QED) is 0.193.